The largest absolute Gasteiger partial charge is 0.345 e. The van der Waals surface area contributed by atoms with Gasteiger partial charge in [-0.05, 0) is 0 Å². The molecule has 2 nitrogen and oxygen atoms in total. The predicted octanol–water partition coefficient (Wildman–Crippen LogP) is -1.07. The second-order valence-corrected chi connectivity index (χ2v) is 1.72. The lowest BCUT2D eigenvalue weighted by Gasteiger charge is -1.76. The van der Waals surface area contributed by atoms with Crippen LogP contribution in [-0.2, 0) is 4.52 Å². The maximum atomic E-state index is 4.86. The van der Waals surface area contributed by atoms with Gasteiger partial charge in [0, 0.05) is 6.54 Å². The van der Waals surface area contributed by atoms with Gasteiger partial charge in [-0.3, -0.25) is 5.09 Å². The summed E-state index contributed by atoms with van der Waals surface area (Å²) >= 11 is 0. The van der Waals surface area contributed by atoms with E-state index in [0.717, 1.165) is 13.2 Å². The fourth-order valence-corrected chi connectivity index (χ4v) is 0.765. The van der Waals surface area contributed by atoms with Gasteiger partial charge >= 0.3 is 0 Å². The normalized spacial score (nSPS) is 24.0. The molecule has 1 N–H and O–H groups in total. The Balaban J connectivity index is 0.000000250. The van der Waals surface area contributed by atoms with Gasteiger partial charge in [0.15, 0.2) is 0 Å². The zero-order valence-corrected chi connectivity index (χ0v) is 3.82. The topological polar surface area (TPSA) is 21.3 Å². The average Bonchev–Trinajstić information content (AvgIpc) is 1.76. The zero-order chi connectivity index (χ0) is 3.54. The van der Waals surface area contributed by atoms with Crippen LogP contribution < -0.4 is 5.09 Å². The van der Waals surface area contributed by atoms with Crippen molar-refractivity contribution in [2.75, 3.05) is 13.2 Å². The lowest BCUT2D eigenvalue weighted by molar-refractivity contribution is 0.407. The molecule has 36 valence electrons. The fraction of sp³-hybridized carbons (Fsp3) is 1.00. The van der Waals surface area contributed by atoms with E-state index >= 15 is 0 Å². The van der Waals surface area contributed by atoms with Crippen LogP contribution >= 0.6 is 8.96 Å². The molecule has 6 heavy (non-hydrogen) atoms. The molecule has 0 bridgehead atoms. The van der Waals surface area contributed by atoms with E-state index in [1.807, 2.05) is 0 Å². The summed E-state index contributed by atoms with van der Waals surface area (Å²) in [4.78, 5) is 0. The standard InChI is InChI=1S/C2H6NOP.BH3/c1-2-4-5-3-1;/h3,5H,1-2H2;1H3. The Labute approximate surface area is 41.1 Å². The zero-order valence-electron chi connectivity index (χ0n) is 2.82. The molecule has 0 amide bonds. The molecule has 0 aromatic carbocycles. The van der Waals surface area contributed by atoms with Crippen molar-refractivity contribution in [3.63, 3.8) is 0 Å². The van der Waals surface area contributed by atoms with Crippen LogP contribution in [0.15, 0.2) is 0 Å². The minimum absolute atomic E-state index is 0. The number of hydrogen-bond acceptors (Lipinski definition) is 2. The van der Waals surface area contributed by atoms with Crippen molar-refractivity contribution in [3.8, 4) is 0 Å². The maximum Gasteiger partial charge on any atom is 0.0862 e. The summed E-state index contributed by atoms with van der Waals surface area (Å²) in [6.45, 7) is 1.94. The number of nitrogens with one attached hydrogen (secondary N) is 1. The van der Waals surface area contributed by atoms with Gasteiger partial charge in [-0.1, -0.05) is 0 Å². The molecule has 1 atom stereocenters. The Kier molecular flexibility index (Phi) is 3.85. The number of rotatable bonds is 0. The van der Waals surface area contributed by atoms with Gasteiger partial charge in [0.05, 0.1) is 24.0 Å². The Morgan fingerprint density at radius 3 is 2.67 bits per heavy atom. The van der Waals surface area contributed by atoms with Crippen molar-refractivity contribution in [1.29, 1.82) is 0 Å². The lowest BCUT2D eigenvalue weighted by Crippen LogP contribution is -1.95. The Bertz CT molecular complexity index is 25.1. The molecule has 1 aliphatic rings. The summed E-state index contributed by atoms with van der Waals surface area (Å²) in [5.74, 6) is 0. The van der Waals surface area contributed by atoms with Crippen LogP contribution in [0.1, 0.15) is 0 Å². The second kappa shape index (κ2) is 3.60. The second-order valence-electron chi connectivity index (χ2n) is 0.877. The fourth-order valence-electron chi connectivity index (χ4n) is 0.255. The smallest absolute Gasteiger partial charge is 0.0862 e. The summed E-state index contributed by atoms with van der Waals surface area (Å²) in [5, 5.41) is 3.03. The summed E-state index contributed by atoms with van der Waals surface area (Å²) in [5.41, 5.74) is 0. The number of hydrogen-bond donors (Lipinski definition) is 1. The molecular formula is C2H9BNOP. The van der Waals surface area contributed by atoms with Gasteiger partial charge in [0.1, 0.15) is 0 Å². The van der Waals surface area contributed by atoms with E-state index in [1.54, 1.807) is 0 Å². The maximum absolute atomic E-state index is 4.86. The van der Waals surface area contributed by atoms with E-state index in [2.05, 4.69) is 5.09 Å². The van der Waals surface area contributed by atoms with Gasteiger partial charge in [0.2, 0.25) is 0 Å². The van der Waals surface area contributed by atoms with Crippen LogP contribution in [0.2, 0.25) is 0 Å². The van der Waals surface area contributed by atoms with Gasteiger partial charge in [-0.2, -0.15) is 0 Å². The Hall–Kier alpha value is 0.415. The molecule has 0 aromatic heterocycles. The summed E-state index contributed by atoms with van der Waals surface area (Å²) in [6.07, 6.45) is 0. The first-order valence-electron chi connectivity index (χ1n) is 1.60. The van der Waals surface area contributed by atoms with Crippen LogP contribution in [0, 0.1) is 0 Å². The average molecular weight is 105 g/mol. The summed E-state index contributed by atoms with van der Waals surface area (Å²) in [7, 11) is 0.559. The van der Waals surface area contributed by atoms with Crippen LogP contribution in [0.5, 0.6) is 0 Å². The van der Waals surface area contributed by atoms with E-state index < -0.39 is 0 Å². The molecule has 1 aliphatic heterocycles. The molecule has 0 spiro atoms. The Morgan fingerprint density at radius 1 is 1.67 bits per heavy atom. The minimum Gasteiger partial charge on any atom is -0.345 e. The molecule has 1 heterocycles. The van der Waals surface area contributed by atoms with Crippen LogP contribution in [0.4, 0.5) is 0 Å². The van der Waals surface area contributed by atoms with Crippen molar-refractivity contribution in [3.05, 3.63) is 0 Å². The molecule has 0 aliphatic carbocycles. The first-order valence-corrected chi connectivity index (χ1v) is 2.50. The van der Waals surface area contributed by atoms with Gasteiger partial charge in [-0.15, -0.1) is 0 Å². The summed E-state index contributed by atoms with van der Waals surface area (Å²) < 4.78 is 4.86. The van der Waals surface area contributed by atoms with Crippen LogP contribution in [0.3, 0.4) is 0 Å². The van der Waals surface area contributed by atoms with Crippen molar-refractivity contribution < 1.29 is 4.52 Å². The highest BCUT2D eigenvalue weighted by molar-refractivity contribution is 7.30. The minimum atomic E-state index is 0. The van der Waals surface area contributed by atoms with E-state index in [-0.39, 0.29) is 8.41 Å². The highest BCUT2D eigenvalue weighted by atomic mass is 31.1. The first-order chi connectivity index (χ1) is 2.50. The SMILES string of the molecule is B.C1COPN1. The molecule has 1 fully saturated rings. The Morgan fingerprint density at radius 2 is 2.50 bits per heavy atom. The molecule has 4 heteroatoms. The molecule has 1 saturated heterocycles. The van der Waals surface area contributed by atoms with Gasteiger partial charge in [-0.25, -0.2) is 0 Å². The highest BCUT2D eigenvalue weighted by Gasteiger charge is 1.92. The molecule has 0 radical (unpaired) electrons. The van der Waals surface area contributed by atoms with E-state index in [0.29, 0.717) is 8.96 Å². The van der Waals surface area contributed by atoms with Crippen molar-refractivity contribution in [1.82, 2.24) is 5.09 Å². The molecule has 1 unspecified atom stereocenters. The quantitative estimate of drug-likeness (QED) is 0.313. The van der Waals surface area contributed by atoms with Gasteiger partial charge in [0.25, 0.3) is 0 Å². The van der Waals surface area contributed by atoms with Crippen molar-refractivity contribution >= 4 is 17.4 Å². The molecular weight excluding hydrogens is 95.8 g/mol. The van der Waals surface area contributed by atoms with Crippen LogP contribution in [0.25, 0.3) is 0 Å². The van der Waals surface area contributed by atoms with Gasteiger partial charge < -0.3 is 4.52 Å². The van der Waals surface area contributed by atoms with E-state index in [9.17, 15) is 0 Å². The monoisotopic (exact) mass is 105 g/mol. The van der Waals surface area contributed by atoms with E-state index in [1.165, 1.54) is 0 Å². The lowest BCUT2D eigenvalue weighted by atomic mass is 10.8. The molecule has 1 rings (SSSR count). The summed E-state index contributed by atoms with van der Waals surface area (Å²) in [6, 6.07) is 0. The first kappa shape index (κ1) is 6.41. The molecule has 0 saturated carbocycles. The van der Waals surface area contributed by atoms with Crippen molar-refractivity contribution in [2.45, 2.75) is 0 Å². The predicted molar refractivity (Wildman–Crippen MR) is 32.2 cm³/mol. The third kappa shape index (κ3) is 1.76. The van der Waals surface area contributed by atoms with Crippen LogP contribution in [-0.4, -0.2) is 21.6 Å². The van der Waals surface area contributed by atoms with Crippen molar-refractivity contribution in [2.24, 2.45) is 0 Å². The molecule has 0 aromatic rings. The third-order valence-corrected chi connectivity index (χ3v) is 1.22. The highest BCUT2D eigenvalue weighted by Crippen LogP contribution is 2.08. The third-order valence-electron chi connectivity index (χ3n) is 0.473. The van der Waals surface area contributed by atoms with E-state index in [4.69, 9.17) is 4.52 Å².